The monoisotopic (exact) mass is 476 g/mol. The highest BCUT2D eigenvalue weighted by atomic mass is 16.2. The molecule has 2 aromatic carbocycles. The molecule has 0 radical (unpaired) electrons. The van der Waals surface area contributed by atoms with E-state index in [4.69, 9.17) is 0 Å². The van der Waals surface area contributed by atoms with E-state index in [1.165, 1.54) is 4.90 Å². The lowest BCUT2D eigenvalue weighted by atomic mass is 10.1. The first kappa shape index (κ1) is 24.6. The second-order valence-corrected chi connectivity index (χ2v) is 8.93. The fourth-order valence-corrected chi connectivity index (χ4v) is 4.75. The standard InChI is InChI=1S/C27H32N4O4/c1-3-29(4-2)24(32)19-28-13-8-14-30(16-15-28)25(33)21-10-7-9-20(17-21)18-31-26(34)22-11-5-6-12-23(22)27(31)35/h5-7,9-12,17H,3-4,8,13-16,18-19H2,1-2H3. The Morgan fingerprint density at radius 1 is 0.857 bits per heavy atom. The van der Waals surface area contributed by atoms with Crippen LogP contribution in [0.2, 0.25) is 0 Å². The van der Waals surface area contributed by atoms with Gasteiger partial charge >= 0.3 is 0 Å². The van der Waals surface area contributed by atoms with E-state index in [9.17, 15) is 19.2 Å². The minimum atomic E-state index is -0.311. The first-order valence-electron chi connectivity index (χ1n) is 12.3. The first-order valence-corrected chi connectivity index (χ1v) is 12.3. The van der Waals surface area contributed by atoms with Crippen LogP contribution in [0.25, 0.3) is 0 Å². The van der Waals surface area contributed by atoms with Crippen LogP contribution in [-0.2, 0) is 11.3 Å². The van der Waals surface area contributed by atoms with Crippen molar-refractivity contribution >= 4 is 23.6 Å². The number of hydrogen-bond donors (Lipinski definition) is 0. The fraction of sp³-hybridized carbons (Fsp3) is 0.407. The van der Waals surface area contributed by atoms with Gasteiger partial charge in [0.25, 0.3) is 17.7 Å². The molecule has 1 saturated heterocycles. The Balaban J connectivity index is 1.39. The molecule has 35 heavy (non-hydrogen) atoms. The summed E-state index contributed by atoms with van der Waals surface area (Å²) in [5, 5.41) is 0. The van der Waals surface area contributed by atoms with Crippen LogP contribution >= 0.6 is 0 Å². The van der Waals surface area contributed by atoms with Gasteiger partial charge in [0, 0.05) is 44.8 Å². The average molecular weight is 477 g/mol. The Hall–Kier alpha value is -3.52. The summed E-state index contributed by atoms with van der Waals surface area (Å²) in [5.74, 6) is -0.579. The van der Waals surface area contributed by atoms with E-state index in [-0.39, 0.29) is 30.2 Å². The largest absolute Gasteiger partial charge is 0.342 e. The van der Waals surface area contributed by atoms with Crippen LogP contribution in [-0.4, -0.2) is 89.0 Å². The molecule has 4 amide bonds. The molecule has 0 unspecified atom stereocenters. The summed E-state index contributed by atoms with van der Waals surface area (Å²) < 4.78 is 0. The lowest BCUT2D eigenvalue weighted by molar-refractivity contribution is -0.132. The van der Waals surface area contributed by atoms with E-state index in [1.54, 1.807) is 42.5 Å². The second kappa shape index (κ2) is 10.8. The van der Waals surface area contributed by atoms with Gasteiger partial charge in [-0.2, -0.15) is 0 Å². The van der Waals surface area contributed by atoms with Crippen molar-refractivity contribution in [3.8, 4) is 0 Å². The number of fused-ring (bicyclic) bond motifs is 1. The molecular formula is C27H32N4O4. The summed E-state index contributed by atoms with van der Waals surface area (Å²) in [7, 11) is 0. The Morgan fingerprint density at radius 2 is 1.54 bits per heavy atom. The van der Waals surface area contributed by atoms with Gasteiger partial charge in [-0.3, -0.25) is 29.0 Å². The fourth-order valence-electron chi connectivity index (χ4n) is 4.75. The third-order valence-corrected chi connectivity index (χ3v) is 6.74. The first-order chi connectivity index (χ1) is 16.9. The van der Waals surface area contributed by atoms with Crippen LogP contribution in [0.15, 0.2) is 48.5 Å². The third-order valence-electron chi connectivity index (χ3n) is 6.74. The van der Waals surface area contributed by atoms with Gasteiger partial charge in [0.05, 0.1) is 24.2 Å². The summed E-state index contributed by atoms with van der Waals surface area (Å²) in [6.07, 6.45) is 0.798. The molecule has 2 aliphatic rings. The number of benzene rings is 2. The average Bonchev–Trinajstić information content (AvgIpc) is 3.01. The van der Waals surface area contributed by atoms with E-state index in [0.29, 0.717) is 56.0 Å². The minimum Gasteiger partial charge on any atom is -0.342 e. The molecule has 2 aromatic rings. The Morgan fingerprint density at radius 3 is 2.20 bits per heavy atom. The molecule has 0 spiro atoms. The molecule has 184 valence electrons. The topological polar surface area (TPSA) is 81.2 Å². The lowest BCUT2D eigenvalue weighted by Gasteiger charge is -2.25. The maximum absolute atomic E-state index is 13.3. The molecule has 2 aliphatic heterocycles. The highest BCUT2D eigenvalue weighted by molar-refractivity contribution is 6.21. The van der Waals surface area contributed by atoms with Gasteiger partial charge in [-0.05, 0) is 50.1 Å². The molecule has 0 atom stereocenters. The van der Waals surface area contributed by atoms with Crippen molar-refractivity contribution < 1.29 is 19.2 Å². The van der Waals surface area contributed by atoms with Gasteiger partial charge < -0.3 is 9.80 Å². The number of carbonyl (C=O) groups excluding carboxylic acids is 4. The van der Waals surface area contributed by atoms with Gasteiger partial charge in [-0.15, -0.1) is 0 Å². The smallest absolute Gasteiger partial charge is 0.261 e. The lowest BCUT2D eigenvalue weighted by Crippen LogP contribution is -2.42. The van der Waals surface area contributed by atoms with Crippen molar-refractivity contribution in [2.75, 3.05) is 45.8 Å². The second-order valence-electron chi connectivity index (χ2n) is 8.93. The van der Waals surface area contributed by atoms with Crippen molar-refractivity contribution in [3.05, 3.63) is 70.8 Å². The van der Waals surface area contributed by atoms with Gasteiger partial charge in [-0.1, -0.05) is 24.3 Å². The summed E-state index contributed by atoms with van der Waals surface area (Å²) >= 11 is 0. The molecule has 0 bridgehead atoms. The van der Waals surface area contributed by atoms with Crippen molar-refractivity contribution in [1.82, 2.24) is 19.6 Å². The predicted molar refractivity (Wildman–Crippen MR) is 132 cm³/mol. The predicted octanol–water partition coefficient (Wildman–Crippen LogP) is 2.50. The van der Waals surface area contributed by atoms with Crippen LogP contribution in [0, 0.1) is 0 Å². The van der Waals surface area contributed by atoms with E-state index < -0.39 is 0 Å². The number of rotatable bonds is 7. The summed E-state index contributed by atoms with van der Waals surface area (Å²) in [5.41, 5.74) is 2.09. The molecule has 2 heterocycles. The summed E-state index contributed by atoms with van der Waals surface area (Å²) in [6.45, 7) is 8.44. The Kier molecular flexibility index (Phi) is 7.60. The number of nitrogens with zero attached hydrogens (tertiary/aromatic N) is 4. The number of imide groups is 1. The van der Waals surface area contributed by atoms with Gasteiger partial charge in [0.1, 0.15) is 0 Å². The van der Waals surface area contributed by atoms with Crippen molar-refractivity contribution in [2.45, 2.75) is 26.8 Å². The van der Waals surface area contributed by atoms with Crippen molar-refractivity contribution in [2.24, 2.45) is 0 Å². The molecule has 0 aromatic heterocycles. The van der Waals surface area contributed by atoms with E-state index in [1.807, 2.05) is 29.7 Å². The molecule has 0 saturated carbocycles. The van der Waals surface area contributed by atoms with Crippen molar-refractivity contribution in [1.29, 1.82) is 0 Å². The number of hydrogen-bond acceptors (Lipinski definition) is 5. The zero-order valence-corrected chi connectivity index (χ0v) is 20.4. The van der Waals surface area contributed by atoms with Crippen LogP contribution in [0.4, 0.5) is 0 Å². The minimum absolute atomic E-state index is 0.0777. The SMILES string of the molecule is CCN(CC)C(=O)CN1CCCN(C(=O)c2cccc(CN3C(=O)c4ccccc4C3=O)c2)CC1. The zero-order chi connectivity index (χ0) is 24.9. The highest BCUT2D eigenvalue weighted by Crippen LogP contribution is 2.24. The summed E-state index contributed by atoms with van der Waals surface area (Å²) in [6, 6.07) is 13.9. The summed E-state index contributed by atoms with van der Waals surface area (Å²) in [4.78, 5) is 58.1. The normalized spacial score (nSPS) is 16.3. The van der Waals surface area contributed by atoms with Gasteiger partial charge in [0.15, 0.2) is 0 Å². The maximum atomic E-state index is 13.3. The van der Waals surface area contributed by atoms with Crippen LogP contribution in [0.1, 0.15) is 56.9 Å². The van der Waals surface area contributed by atoms with E-state index >= 15 is 0 Å². The van der Waals surface area contributed by atoms with E-state index in [0.717, 1.165) is 18.5 Å². The van der Waals surface area contributed by atoms with Crippen molar-refractivity contribution in [3.63, 3.8) is 0 Å². The van der Waals surface area contributed by atoms with Crippen LogP contribution in [0.3, 0.4) is 0 Å². The molecule has 4 rings (SSSR count). The molecule has 1 fully saturated rings. The maximum Gasteiger partial charge on any atom is 0.261 e. The number of amides is 4. The molecule has 0 aliphatic carbocycles. The molecule has 8 heteroatoms. The van der Waals surface area contributed by atoms with Gasteiger partial charge in [0.2, 0.25) is 5.91 Å². The Labute approximate surface area is 206 Å². The number of likely N-dealkylation sites (N-methyl/N-ethyl adjacent to an activating group) is 1. The highest BCUT2D eigenvalue weighted by Gasteiger charge is 2.35. The molecule has 8 nitrogen and oxygen atoms in total. The number of carbonyl (C=O) groups is 4. The van der Waals surface area contributed by atoms with Crippen LogP contribution < -0.4 is 0 Å². The van der Waals surface area contributed by atoms with Gasteiger partial charge in [-0.25, -0.2) is 0 Å². The van der Waals surface area contributed by atoms with E-state index in [2.05, 4.69) is 4.90 Å². The molecular weight excluding hydrogens is 444 g/mol. The molecule has 0 N–H and O–H groups in total. The van der Waals surface area contributed by atoms with Crippen LogP contribution in [0.5, 0.6) is 0 Å². The Bertz CT molecular complexity index is 1090. The quantitative estimate of drug-likeness (QED) is 0.574. The third kappa shape index (κ3) is 5.27. The zero-order valence-electron chi connectivity index (χ0n) is 20.4.